The van der Waals surface area contributed by atoms with Crippen LogP contribution in [0.15, 0.2) is 12.2 Å². The van der Waals surface area contributed by atoms with Crippen LogP contribution in [0, 0.1) is 45.3 Å². The second kappa shape index (κ2) is 12.8. The van der Waals surface area contributed by atoms with Crippen molar-refractivity contribution in [1.29, 1.82) is 0 Å². The Labute approximate surface area is 279 Å². The molecule has 1 aliphatic heterocycles. The predicted molar refractivity (Wildman–Crippen MR) is 173 cm³/mol. The molecule has 4 aliphatic carbocycles. The molecule has 0 aromatic heterocycles. The van der Waals surface area contributed by atoms with Crippen molar-refractivity contribution >= 4 is 0 Å². The van der Waals surface area contributed by atoms with Crippen LogP contribution in [0.4, 0.5) is 0 Å². The molecule has 0 spiro atoms. The summed E-state index contributed by atoms with van der Waals surface area (Å²) < 4.78 is 11.9. The molecule has 47 heavy (non-hydrogen) atoms. The molecule has 1 unspecified atom stereocenters. The fraction of sp³-hybridized carbons (Fsp3) is 0.944. The second-order valence-electron chi connectivity index (χ2n) is 17.5. The third kappa shape index (κ3) is 5.59. The molecular weight excluding hydrogens is 608 g/mol. The molecule has 4 saturated carbocycles. The van der Waals surface area contributed by atoms with Gasteiger partial charge in [-0.3, -0.25) is 5.26 Å². The van der Waals surface area contributed by atoms with Gasteiger partial charge < -0.3 is 45.2 Å². The summed E-state index contributed by atoms with van der Waals surface area (Å²) in [6, 6.07) is 0. The fourth-order valence-corrected chi connectivity index (χ4v) is 12.1. The minimum atomic E-state index is -1.61. The van der Waals surface area contributed by atoms with Gasteiger partial charge in [0.05, 0.1) is 24.4 Å². The number of ether oxygens (including phenoxy) is 2. The van der Waals surface area contributed by atoms with E-state index in [1.807, 2.05) is 27.7 Å². The summed E-state index contributed by atoms with van der Waals surface area (Å²) in [5.41, 5.74) is -1.83. The van der Waals surface area contributed by atoms with Crippen molar-refractivity contribution in [1.82, 2.24) is 0 Å². The second-order valence-corrected chi connectivity index (χ2v) is 17.5. The molecule has 17 atom stereocenters. The quantitative estimate of drug-likeness (QED) is 0.0780. The van der Waals surface area contributed by atoms with Crippen LogP contribution in [-0.2, 0) is 14.4 Å². The highest BCUT2D eigenvalue weighted by atomic mass is 17.1. The molecule has 5 rings (SSSR count). The summed E-state index contributed by atoms with van der Waals surface area (Å²) in [6.07, 6.45) is -4.99. The van der Waals surface area contributed by atoms with Crippen molar-refractivity contribution in [2.24, 2.45) is 45.3 Å². The number of aliphatic hydroxyl groups excluding tert-OH is 6. The van der Waals surface area contributed by atoms with Gasteiger partial charge in [-0.1, -0.05) is 41.2 Å². The zero-order valence-electron chi connectivity index (χ0n) is 29.4. The van der Waals surface area contributed by atoms with Gasteiger partial charge in [-0.2, -0.15) is 0 Å². The summed E-state index contributed by atoms with van der Waals surface area (Å²) in [4.78, 5) is 4.64. The summed E-state index contributed by atoms with van der Waals surface area (Å²) in [6.45, 7) is 17.9. The standard InChI is InChI=1S/C36H62O11/c1-18(2)21(47-44)12-16-35(7,43)20-11-14-33(5)19(20)9-10-24-34(33,6)15-13-23-32(3,4)30(28(41)29(42)36(23,24)8)46-31-27(40)26(39)25(38)22(17-37)45-31/h19-31,37-44H,1,9-17H2,2-8H3/t19-,20+,21?,22-,23+,24+,25-,26+,27-,28-,29-,30+,31+,33-,34-,35-,36+/m1/s1. The van der Waals surface area contributed by atoms with Gasteiger partial charge in [0.2, 0.25) is 0 Å². The predicted octanol–water partition coefficient (Wildman–Crippen LogP) is 2.76. The minimum Gasteiger partial charge on any atom is -0.394 e. The number of fused-ring (bicyclic) bond motifs is 5. The molecule has 0 aromatic carbocycles. The Hall–Kier alpha value is -0.700. The van der Waals surface area contributed by atoms with E-state index in [1.165, 1.54) is 0 Å². The monoisotopic (exact) mass is 670 g/mol. The van der Waals surface area contributed by atoms with E-state index in [2.05, 4.69) is 32.2 Å². The molecular formula is C36H62O11. The SMILES string of the molecule is C=C(C)C(CC[C@@](C)(O)[C@H]1CC[C@]2(C)[C@@H]1CC[C@@H]1[C@@]3(C)[C@H](O)[C@@H](O)[C@H](O[C@@H]4O[C@H](CO)[C@@H](O)[C@H](O)[C@H]4O)C(C)(C)[C@@H]3CC[C@]12C)OO. The zero-order valence-corrected chi connectivity index (χ0v) is 29.4. The average molecular weight is 671 g/mol. The van der Waals surface area contributed by atoms with Crippen LogP contribution in [0.3, 0.4) is 0 Å². The van der Waals surface area contributed by atoms with Crippen LogP contribution in [-0.4, -0.2) is 108 Å². The molecule has 0 radical (unpaired) electrons. The Morgan fingerprint density at radius 2 is 1.53 bits per heavy atom. The van der Waals surface area contributed by atoms with Crippen molar-refractivity contribution in [2.45, 2.75) is 161 Å². The molecule has 1 saturated heterocycles. The van der Waals surface area contributed by atoms with Crippen molar-refractivity contribution in [3.8, 4) is 0 Å². The first-order chi connectivity index (χ1) is 21.7. The normalized spacial score (nSPS) is 51.3. The van der Waals surface area contributed by atoms with Crippen LogP contribution < -0.4 is 0 Å². The third-order valence-electron chi connectivity index (χ3n) is 15.0. The molecule has 11 heteroatoms. The van der Waals surface area contributed by atoms with Gasteiger partial charge in [-0.15, -0.1) is 0 Å². The maximum absolute atomic E-state index is 12.1. The highest BCUT2D eigenvalue weighted by Crippen LogP contribution is 2.76. The highest BCUT2D eigenvalue weighted by molar-refractivity contribution is 5.21. The number of aliphatic hydroxyl groups is 7. The summed E-state index contributed by atoms with van der Waals surface area (Å²) >= 11 is 0. The van der Waals surface area contributed by atoms with E-state index >= 15 is 0 Å². The summed E-state index contributed by atoms with van der Waals surface area (Å²) in [5.74, 6) is 0.388. The van der Waals surface area contributed by atoms with E-state index in [0.29, 0.717) is 12.8 Å². The molecule has 1 heterocycles. The minimum absolute atomic E-state index is 0.0561. The lowest BCUT2D eigenvalue weighted by molar-refractivity contribution is -0.355. The molecule has 0 amide bonds. The molecule has 5 aliphatic rings. The van der Waals surface area contributed by atoms with Gasteiger partial charge in [-0.25, -0.2) is 4.89 Å². The van der Waals surface area contributed by atoms with E-state index in [0.717, 1.165) is 44.1 Å². The lowest BCUT2D eigenvalue weighted by Gasteiger charge is -2.71. The molecule has 11 nitrogen and oxygen atoms in total. The number of rotatable bonds is 9. The van der Waals surface area contributed by atoms with Crippen LogP contribution in [0.1, 0.15) is 99.8 Å². The topological polar surface area (TPSA) is 190 Å². The Bertz CT molecular complexity index is 1140. The highest BCUT2D eigenvalue weighted by Gasteiger charge is 2.73. The largest absolute Gasteiger partial charge is 0.394 e. The van der Waals surface area contributed by atoms with Crippen molar-refractivity contribution < 1.29 is 55.4 Å². The molecule has 8 N–H and O–H groups in total. The van der Waals surface area contributed by atoms with Gasteiger partial charge >= 0.3 is 0 Å². The van der Waals surface area contributed by atoms with Crippen LogP contribution >= 0.6 is 0 Å². The first-order valence-electron chi connectivity index (χ1n) is 17.7. The van der Waals surface area contributed by atoms with Gasteiger partial charge in [-0.05, 0) is 111 Å². The molecule has 0 bridgehead atoms. The summed E-state index contributed by atoms with van der Waals surface area (Å²) in [5, 5.41) is 86.2. The number of hydrogen-bond acceptors (Lipinski definition) is 11. The first-order valence-corrected chi connectivity index (χ1v) is 17.7. The van der Waals surface area contributed by atoms with Crippen molar-refractivity contribution in [3.63, 3.8) is 0 Å². The fourth-order valence-electron chi connectivity index (χ4n) is 12.1. The van der Waals surface area contributed by atoms with Crippen molar-refractivity contribution in [2.75, 3.05) is 6.61 Å². The lowest BCUT2D eigenvalue weighted by atomic mass is 9.34. The van der Waals surface area contributed by atoms with E-state index < -0.39 is 78.2 Å². The first kappa shape index (κ1) is 37.6. The van der Waals surface area contributed by atoms with E-state index in [9.17, 15) is 41.0 Å². The Kier molecular flexibility index (Phi) is 10.2. The smallest absolute Gasteiger partial charge is 0.187 e. The van der Waals surface area contributed by atoms with Crippen LogP contribution in [0.2, 0.25) is 0 Å². The van der Waals surface area contributed by atoms with Gasteiger partial charge in [0.25, 0.3) is 0 Å². The molecule has 5 fully saturated rings. The van der Waals surface area contributed by atoms with E-state index in [4.69, 9.17) is 9.47 Å². The zero-order chi connectivity index (χ0) is 35.1. The molecule has 272 valence electrons. The Morgan fingerprint density at radius 1 is 0.894 bits per heavy atom. The van der Waals surface area contributed by atoms with Gasteiger partial charge in [0.15, 0.2) is 6.29 Å². The lowest BCUT2D eigenvalue weighted by Crippen LogP contribution is -2.73. The van der Waals surface area contributed by atoms with Crippen molar-refractivity contribution in [3.05, 3.63) is 12.2 Å². The molecule has 0 aromatic rings. The van der Waals surface area contributed by atoms with E-state index in [1.54, 1.807) is 0 Å². The number of hydrogen-bond donors (Lipinski definition) is 8. The van der Waals surface area contributed by atoms with Gasteiger partial charge in [0, 0.05) is 5.41 Å². The third-order valence-corrected chi connectivity index (χ3v) is 15.0. The average Bonchev–Trinajstić information content (AvgIpc) is 3.37. The van der Waals surface area contributed by atoms with Crippen LogP contribution in [0.5, 0.6) is 0 Å². The van der Waals surface area contributed by atoms with Crippen LogP contribution in [0.25, 0.3) is 0 Å². The maximum Gasteiger partial charge on any atom is 0.187 e. The Balaban J connectivity index is 1.39. The van der Waals surface area contributed by atoms with Gasteiger partial charge in [0.1, 0.15) is 36.6 Å². The maximum atomic E-state index is 12.1. The van der Waals surface area contributed by atoms with E-state index in [-0.39, 0.29) is 34.5 Å². The Morgan fingerprint density at radius 3 is 2.13 bits per heavy atom. The summed E-state index contributed by atoms with van der Waals surface area (Å²) in [7, 11) is 0.